The lowest BCUT2D eigenvalue weighted by Gasteiger charge is -2.32. The van der Waals surface area contributed by atoms with Crippen molar-refractivity contribution >= 4 is 29.1 Å². The van der Waals surface area contributed by atoms with Crippen LogP contribution in [0.25, 0.3) is 0 Å². The molecule has 1 aromatic rings. The van der Waals surface area contributed by atoms with E-state index in [0.717, 1.165) is 32.5 Å². The Balaban J connectivity index is 1.74. The van der Waals surface area contributed by atoms with Crippen molar-refractivity contribution in [3.63, 3.8) is 0 Å². The minimum atomic E-state index is 0.232. The number of nitrogens with zero attached hydrogens (tertiary/aromatic N) is 1. The van der Waals surface area contributed by atoms with Crippen LogP contribution < -0.4 is 10.1 Å². The Bertz CT molecular complexity index is 483. The van der Waals surface area contributed by atoms with E-state index in [0.29, 0.717) is 34.7 Å². The SMILES string of the molecule is CNCCC(=O)N1CCC(COc2cc(Cl)cc(Cl)c2)CC1. The largest absolute Gasteiger partial charge is 0.493 e. The third-order valence-corrected chi connectivity index (χ3v) is 4.31. The van der Waals surface area contributed by atoms with Crippen molar-refractivity contribution in [1.29, 1.82) is 0 Å². The number of amides is 1. The molecule has 1 heterocycles. The molecule has 1 N–H and O–H groups in total. The van der Waals surface area contributed by atoms with E-state index in [1.54, 1.807) is 18.2 Å². The second kappa shape index (κ2) is 8.61. The van der Waals surface area contributed by atoms with Crippen molar-refractivity contribution in [1.82, 2.24) is 10.2 Å². The minimum absolute atomic E-state index is 0.232. The number of ether oxygens (including phenoxy) is 1. The third-order valence-electron chi connectivity index (χ3n) is 3.88. The van der Waals surface area contributed by atoms with Gasteiger partial charge in [-0.3, -0.25) is 4.79 Å². The maximum Gasteiger partial charge on any atom is 0.223 e. The van der Waals surface area contributed by atoms with E-state index in [-0.39, 0.29) is 5.91 Å². The first kappa shape index (κ1) is 17.4. The van der Waals surface area contributed by atoms with Gasteiger partial charge in [0.2, 0.25) is 5.91 Å². The molecule has 0 aliphatic carbocycles. The second-order valence-corrected chi connectivity index (χ2v) is 6.47. The summed E-state index contributed by atoms with van der Waals surface area (Å²) in [4.78, 5) is 13.9. The first-order valence-electron chi connectivity index (χ1n) is 7.59. The molecule has 0 saturated carbocycles. The Morgan fingerprint density at radius 1 is 1.27 bits per heavy atom. The first-order valence-corrected chi connectivity index (χ1v) is 8.35. The predicted octanol–water partition coefficient (Wildman–Crippen LogP) is 3.22. The van der Waals surface area contributed by atoms with Crippen LogP contribution in [0, 0.1) is 5.92 Å². The molecule has 1 fully saturated rings. The lowest BCUT2D eigenvalue weighted by molar-refractivity contribution is -0.132. The molecule has 4 nitrogen and oxygen atoms in total. The molecular weight excluding hydrogens is 323 g/mol. The van der Waals surface area contributed by atoms with Crippen molar-refractivity contribution in [3.05, 3.63) is 28.2 Å². The first-order chi connectivity index (χ1) is 10.6. The van der Waals surface area contributed by atoms with Gasteiger partial charge in [-0.15, -0.1) is 0 Å². The van der Waals surface area contributed by atoms with Gasteiger partial charge in [0.25, 0.3) is 0 Å². The van der Waals surface area contributed by atoms with E-state index in [2.05, 4.69) is 5.32 Å². The van der Waals surface area contributed by atoms with E-state index in [4.69, 9.17) is 27.9 Å². The molecule has 1 amide bonds. The highest BCUT2D eigenvalue weighted by Crippen LogP contribution is 2.26. The van der Waals surface area contributed by atoms with E-state index in [9.17, 15) is 4.79 Å². The number of rotatable bonds is 6. The van der Waals surface area contributed by atoms with Gasteiger partial charge in [-0.05, 0) is 44.0 Å². The van der Waals surface area contributed by atoms with E-state index < -0.39 is 0 Å². The van der Waals surface area contributed by atoms with Gasteiger partial charge in [-0.2, -0.15) is 0 Å². The highest BCUT2D eigenvalue weighted by molar-refractivity contribution is 6.34. The normalized spacial score (nSPS) is 15.9. The number of likely N-dealkylation sites (tertiary alicyclic amines) is 1. The van der Waals surface area contributed by atoms with E-state index in [1.807, 2.05) is 11.9 Å². The van der Waals surface area contributed by atoms with Gasteiger partial charge in [0.05, 0.1) is 6.61 Å². The summed E-state index contributed by atoms with van der Waals surface area (Å²) in [5.74, 6) is 1.39. The average Bonchev–Trinajstić information content (AvgIpc) is 2.50. The van der Waals surface area contributed by atoms with Crippen molar-refractivity contribution in [2.24, 2.45) is 5.92 Å². The number of benzene rings is 1. The number of halogens is 2. The zero-order valence-electron chi connectivity index (χ0n) is 12.8. The molecule has 0 atom stereocenters. The summed E-state index contributed by atoms with van der Waals surface area (Å²) in [6, 6.07) is 5.22. The van der Waals surface area contributed by atoms with Gasteiger partial charge in [-0.1, -0.05) is 23.2 Å². The Morgan fingerprint density at radius 3 is 2.50 bits per heavy atom. The topological polar surface area (TPSA) is 41.6 Å². The van der Waals surface area contributed by atoms with Crippen LogP contribution in [-0.2, 0) is 4.79 Å². The standard InChI is InChI=1S/C16H22Cl2N2O2/c1-19-5-2-16(21)20-6-3-12(4-7-20)11-22-15-9-13(17)8-14(18)10-15/h8-10,12,19H,2-7,11H2,1H3. The molecule has 0 bridgehead atoms. The van der Waals surface area contributed by atoms with Gasteiger partial charge in [0.15, 0.2) is 0 Å². The Labute approximate surface area is 141 Å². The molecule has 1 saturated heterocycles. The van der Waals surface area contributed by atoms with Gasteiger partial charge in [0.1, 0.15) is 5.75 Å². The van der Waals surface area contributed by atoms with Crippen molar-refractivity contribution in [2.45, 2.75) is 19.3 Å². The van der Waals surface area contributed by atoms with Gasteiger partial charge < -0.3 is 15.0 Å². The Morgan fingerprint density at radius 2 is 1.91 bits per heavy atom. The molecule has 1 aliphatic rings. The lowest BCUT2D eigenvalue weighted by Crippen LogP contribution is -2.40. The summed E-state index contributed by atoms with van der Waals surface area (Å²) in [6.45, 7) is 2.99. The zero-order chi connectivity index (χ0) is 15.9. The highest BCUT2D eigenvalue weighted by atomic mass is 35.5. The number of hydrogen-bond acceptors (Lipinski definition) is 3. The van der Waals surface area contributed by atoms with Crippen LogP contribution in [0.3, 0.4) is 0 Å². The summed E-state index contributed by atoms with van der Waals surface area (Å²) in [6.07, 6.45) is 2.51. The molecule has 6 heteroatoms. The fourth-order valence-corrected chi connectivity index (χ4v) is 3.07. The molecular formula is C16H22Cl2N2O2. The Kier molecular flexibility index (Phi) is 6.80. The molecule has 0 aromatic heterocycles. The van der Waals surface area contributed by atoms with Crippen LogP contribution in [0.2, 0.25) is 10.0 Å². The smallest absolute Gasteiger partial charge is 0.223 e. The molecule has 0 unspecified atom stereocenters. The van der Waals surface area contributed by atoms with Crippen LogP contribution in [0.15, 0.2) is 18.2 Å². The number of piperidine rings is 1. The molecule has 0 spiro atoms. The second-order valence-electron chi connectivity index (χ2n) is 5.59. The maximum absolute atomic E-state index is 11.9. The summed E-state index contributed by atoms with van der Waals surface area (Å²) in [5.41, 5.74) is 0. The number of carbonyl (C=O) groups excluding carboxylic acids is 1. The van der Waals surface area contributed by atoms with Gasteiger partial charge >= 0.3 is 0 Å². The van der Waals surface area contributed by atoms with E-state index >= 15 is 0 Å². The van der Waals surface area contributed by atoms with Crippen LogP contribution in [-0.4, -0.2) is 44.1 Å². The van der Waals surface area contributed by atoms with Crippen molar-refractivity contribution in [3.8, 4) is 5.75 Å². The molecule has 22 heavy (non-hydrogen) atoms. The van der Waals surface area contributed by atoms with Crippen LogP contribution >= 0.6 is 23.2 Å². The van der Waals surface area contributed by atoms with Crippen LogP contribution in [0.5, 0.6) is 5.75 Å². The maximum atomic E-state index is 11.9. The average molecular weight is 345 g/mol. The van der Waals surface area contributed by atoms with Crippen molar-refractivity contribution < 1.29 is 9.53 Å². The lowest BCUT2D eigenvalue weighted by atomic mass is 9.97. The number of carbonyl (C=O) groups is 1. The molecule has 2 rings (SSSR count). The Hall–Kier alpha value is -0.970. The summed E-state index contributed by atoms with van der Waals surface area (Å²) in [7, 11) is 1.86. The highest BCUT2D eigenvalue weighted by Gasteiger charge is 2.22. The van der Waals surface area contributed by atoms with Crippen LogP contribution in [0.4, 0.5) is 0 Å². The molecule has 0 radical (unpaired) electrons. The molecule has 122 valence electrons. The third kappa shape index (κ3) is 5.34. The van der Waals surface area contributed by atoms with E-state index in [1.165, 1.54) is 0 Å². The monoisotopic (exact) mass is 344 g/mol. The number of hydrogen-bond donors (Lipinski definition) is 1. The minimum Gasteiger partial charge on any atom is -0.493 e. The van der Waals surface area contributed by atoms with Gasteiger partial charge in [-0.25, -0.2) is 0 Å². The fourth-order valence-electron chi connectivity index (χ4n) is 2.57. The summed E-state index contributed by atoms with van der Waals surface area (Å²) in [5, 5.41) is 4.16. The fraction of sp³-hybridized carbons (Fsp3) is 0.562. The molecule has 1 aliphatic heterocycles. The quantitative estimate of drug-likeness (QED) is 0.861. The zero-order valence-corrected chi connectivity index (χ0v) is 14.3. The summed E-state index contributed by atoms with van der Waals surface area (Å²) < 4.78 is 5.79. The van der Waals surface area contributed by atoms with Gasteiger partial charge in [0, 0.05) is 36.1 Å². The number of nitrogens with one attached hydrogen (secondary N) is 1. The molecule has 1 aromatic carbocycles. The van der Waals surface area contributed by atoms with Crippen LogP contribution in [0.1, 0.15) is 19.3 Å². The summed E-state index contributed by atoms with van der Waals surface area (Å²) >= 11 is 11.9. The predicted molar refractivity (Wildman–Crippen MR) is 89.8 cm³/mol. The van der Waals surface area contributed by atoms with Crippen molar-refractivity contribution in [2.75, 3.05) is 33.3 Å².